The number of esters is 1. The quantitative estimate of drug-likeness (QED) is 0.516. The van der Waals surface area contributed by atoms with E-state index >= 15 is 0 Å². The molecule has 0 spiro atoms. The molecule has 2 aromatic heterocycles. The largest absolute Gasteiger partial charge is 0.459 e. The Morgan fingerprint density at radius 1 is 1.00 bits per heavy atom. The number of piperazine rings is 1. The van der Waals surface area contributed by atoms with Gasteiger partial charge in [0.05, 0.1) is 27.4 Å². The van der Waals surface area contributed by atoms with E-state index in [0.29, 0.717) is 31.9 Å². The molecule has 8 nitrogen and oxygen atoms in total. The first-order valence-electron chi connectivity index (χ1n) is 11.7. The van der Waals surface area contributed by atoms with Crippen molar-refractivity contribution >= 4 is 39.3 Å². The van der Waals surface area contributed by atoms with Gasteiger partial charge in [-0.05, 0) is 37.1 Å². The summed E-state index contributed by atoms with van der Waals surface area (Å²) in [6, 6.07) is 11.3. The number of hydrogen-bond acceptors (Lipinski definition) is 7. The summed E-state index contributed by atoms with van der Waals surface area (Å²) in [6.45, 7) is 1.37. The van der Waals surface area contributed by atoms with Crippen LogP contribution in [0.25, 0.3) is 10.2 Å². The third kappa shape index (κ3) is 4.70. The summed E-state index contributed by atoms with van der Waals surface area (Å²) in [6.07, 6.45) is 5.15. The Morgan fingerprint density at radius 3 is 2.53 bits per heavy atom. The number of furan rings is 1. The zero-order valence-corrected chi connectivity index (χ0v) is 19.7. The van der Waals surface area contributed by atoms with Crippen LogP contribution in [0.1, 0.15) is 47.2 Å². The molecule has 1 saturated heterocycles. The molecule has 34 heavy (non-hydrogen) atoms. The van der Waals surface area contributed by atoms with Gasteiger partial charge in [0.25, 0.3) is 11.8 Å². The van der Waals surface area contributed by atoms with Gasteiger partial charge < -0.3 is 19.0 Å². The third-order valence-electron chi connectivity index (χ3n) is 6.69. The number of fused-ring (bicyclic) bond motifs is 1. The Labute approximate surface area is 201 Å². The highest BCUT2D eigenvalue weighted by molar-refractivity contribution is 7.18. The van der Waals surface area contributed by atoms with Gasteiger partial charge >= 0.3 is 5.97 Å². The molecule has 0 bridgehead atoms. The van der Waals surface area contributed by atoms with Crippen LogP contribution >= 0.6 is 11.3 Å². The smallest absolute Gasteiger partial charge is 0.310 e. The van der Waals surface area contributed by atoms with Crippen molar-refractivity contribution in [2.75, 3.05) is 32.8 Å². The maximum Gasteiger partial charge on any atom is 0.310 e. The Hall–Kier alpha value is -3.20. The van der Waals surface area contributed by atoms with E-state index in [9.17, 15) is 14.4 Å². The topological polar surface area (TPSA) is 93.0 Å². The summed E-state index contributed by atoms with van der Waals surface area (Å²) in [5, 5.41) is 0.978. The number of carbonyl (C=O) groups is 3. The standard InChI is InChI=1S/C25H27N3O5S/c29-22(27-11-13-28(14-12-27)24(30)20-9-5-15-32-20)16-33-25(31)18-7-2-1-6-17(18)23-26-19-8-3-4-10-21(19)34-23/h3-5,8-10,15,17-18H,1-2,6-7,11-14,16H2. The SMILES string of the molecule is O=C(OCC(=O)N1CCN(C(=O)c2ccco2)CC1)C1CCCCC1c1nc2ccccc2s1. The fourth-order valence-corrected chi connectivity index (χ4v) is 5.97. The molecule has 178 valence electrons. The summed E-state index contributed by atoms with van der Waals surface area (Å²) < 4.78 is 11.8. The van der Waals surface area contributed by atoms with Gasteiger partial charge in [0, 0.05) is 32.1 Å². The molecule has 2 amide bonds. The van der Waals surface area contributed by atoms with Crippen LogP contribution in [0.3, 0.4) is 0 Å². The summed E-state index contributed by atoms with van der Waals surface area (Å²) in [7, 11) is 0. The molecule has 1 aromatic carbocycles. The summed E-state index contributed by atoms with van der Waals surface area (Å²) >= 11 is 1.64. The lowest BCUT2D eigenvalue weighted by atomic mass is 9.79. The van der Waals surface area contributed by atoms with Gasteiger partial charge in [0.2, 0.25) is 0 Å². The number of thiazole rings is 1. The molecule has 2 unspecified atom stereocenters. The van der Waals surface area contributed by atoms with Gasteiger partial charge in [0.15, 0.2) is 12.4 Å². The average Bonchev–Trinajstić information content (AvgIpc) is 3.57. The van der Waals surface area contributed by atoms with E-state index in [1.54, 1.807) is 33.3 Å². The number of benzene rings is 1. The maximum absolute atomic E-state index is 13.0. The number of para-hydroxylation sites is 1. The predicted octanol–water partition coefficient (Wildman–Crippen LogP) is 3.69. The maximum atomic E-state index is 13.0. The van der Waals surface area contributed by atoms with Crippen molar-refractivity contribution in [2.24, 2.45) is 5.92 Å². The number of ether oxygens (including phenoxy) is 1. The summed E-state index contributed by atoms with van der Waals surface area (Å²) in [5.41, 5.74) is 0.958. The molecule has 2 fully saturated rings. The van der Waals surface area contributed by atoms with E-state index in [0.717, 1.165) is 40.9 Å². The Kier molecular flexibility index (Phi) is 6.62. The highest BCUT2D eigenvalue weighted by Gasteiger charge is 2.36. The molecular formula is C25H27N3O5S. The van der Waals surface area contributed by atoms with Crippen LogP contribution < -0.4 is 0 Å². The van der Waals surface area contributed by atoms with E-state index in [1.807, 2.05) is 24.3 Å². The van der Waals surface area contributed by atoms with E-state index in [-0.39, 0.29) is 36.2 Å². The van der Waals surface area contributed by atoms with Crippen LogP contribution in [-0.4, -0.2) is 65.4 Å². The Balaban J connectivity index is 1.15. The minimum atomic E-state index is -0.316. The van der Waals surface area contributed by atoms with Gasteiger partial charge in [-0.1, -0.05) is 25.0 Å². The summed E-state index contributed by atoms with van der Waals surface area (Å²) in [4.78, 5) is 46.1. The number of carbonyl (C=O) groups excluding carboxylic acids is 3. The molecule has 3 heterocycles. The van der Waals surface area contributed by atoms with Crippen LogP contribution in [0.2, 0.25) is 0 Å². The van der Waals surface area contributed by atoms with E-state index in [2.05, 4.69) is 0 Å². The fourth-order valence-electron chi connectivity index (χ4n) is 4.80. The van der Waals surface area contributed by atoms with Gasteiger partial charge in [-0.2, -0.15) is 0 Å². The zero-order valence-electron chi connectivity index (χ0n) is 18.9. The molecule has 0 radical (unpaired) electrons. The average molecular weight is 482 g/mol. The molecular weight excluding hydrogens is 454 g/mol. The van der Waals surface area contributed by atoms with Crippen molar-refractivity contribution < 1.29 is 23.5 Å². The molecule has 2 atom stereocenters. The lowest BCUT2D eigenvalue weighted by Gasteiger charge is -2.34. The van der Waals surface area contributed by atoms with Crippen LogP contribution in [0, 0.1) is 5.92 Å². The Morgan fingerprint density at radius 2 is 1.76 bits per heavy atom. The minimum absolute atomic E-state index is 0.0323. The molecule has 1 aliphatic heterocycles. The highest BCUT2D eigenvalue weighted by atomic mass is 32.1. The number of hydrogen-bond donors (Lipinski definition) is 0. The second-order valence-corrected chi connectivity index (χ2v) is 9.84. The molecule has 5 rings (SSSR count). The Bertz CT molecular complexity index is 1130. The van der Waals surface area contributed by atoms with Gasteiger partial charge in [0.1, 0.15) is 0 Å². The van der Waals surface area contributed by atoms with Gasteiger partial charge in [-0.15, -0.1) is 11.3 Å². The lowest BCUT2D eigenvalue weighted by molar-refractivity contribution is -0.157. The van der Waals surface area contributed by atoms with Crippen molar-refractivity contribution in [1.82, 2.24) is 14.8 Å². The van der Waals surface area contributed by atoms with Crippen molar-refractivity contribution in [3.63, 3.8) is 0 Å². The van der Waals surface area contributed by atoms with Crippen molar-refractivity contribution in [1.29, 1.82) is 0 Å². The van der Waals surface area contributed by atoms with E-state index in [1.165, 1.54) is 6.26 Å². The molecule has 9 heteroatoms. The molecule has 1 aliphatic carbocycles. The molecule has 2 aliphatic rings. The number of nitrogens with zero attached hydrogens (tertiary/aromatic N) is 3. The van der Waals surface area contributed by atoms with Crippen molar-refractivity contribution in [2.45, 2.75) is 31.6 Å². The van der Waals surface area contributed by atoms with E-state index in [4.69, 9.17) is 14.1 Å². The fraction of sp³-hybridized carbons (Fsp3) is 0.440. The third-order valence-corrected chi connectivity index (χ3v) is 7.85. The van der Waals surface area contributed by atoms with Crippen LogP contribution in [0.4, 0.5) is 0 Å². The summed E-state index contributed by atoms with van der Waals surface area (Å²) in [5.74, 6) is -0.671. The van der Waals surface area contributed by atoms with Gasteiger partial charge in [-0.25, -0.2) is 4.98 Å². The number of rotatable bonds is 5. The second-order valence-electron chi connectivity index (χ2n) is 8.78. The van der Waals surface area contributed by atoms with Crippen LogP contribution in [-0.2, 0) is 14.3 Å². The van der Waals surface area contributed by atoms with Crippen molar-refractivity contribution in [3.05, 3.63) is 53.4 Å². The number of aromatic nitrogens is 1. The highest BCUT2D eigenvalue weighted by Crippen LogP contribution is 2.41. The van der Waals surface area contributed by atoms with Crippen LogP contribution in [0.5, 0.6) is 0 Å². The van der Waals surface area contributed by atoms with Crippen LogP contribution in [0.15, 0.2) is 47.1 Å². The zero-order chi connectivity index (χ0) is 23.5. The van der Waals surface area contributed by atoms with Crippen molar-refractivity contribution in [3.8, 4) is 0 Å². The first-order chi connectivity index (χ1) is 16.6. The minimum Gasteiger partial charge on any atom is -0.459 e. The lowest BCUT2D eigenvalue weighted by Crippen LogP contribution is -2.51. The molecule has 3 aromatic rings. The first-order valence-corrected chi connectivity index (χ1v) is 12.5. The normalized spacial score (nSPS) is 20.9. The predicted molar refractivity (Wildman–Crippen MR) is 126 cm³/mol. The molecule has 0 N–H and O–H groups in total. The number of amides is 2. The van der Waals surface area contributed by atoms with Gasteiger partial charge in [-0.3, -0.25) is 14.4 Å². The first kappa shape index (κ1) is 22.6. The second kappa shape index (κ2) is 9.97. The molecule has 1 saturated carbocycles. The monoisotopic (exact) mass is 481 g/mol. The van der Waals surface area contributed by atoms with E-state index < -0.39 is 0 Å².